The Morgan fingerprint density at radius 1 is 1.25 bits per heavy atom. The van der Waals surface area contributed by atoms with Gasteiger partial charge in [-0.25, -0.2) is 4.98 Å². The van der Waals surface area contributed by atoms with Crippen LogP contribution in [0.15, 0.2) is 42.5 Å². The first-order valence-electron chi connectivity index (χ1n) is 6.52. The van der Waals surface area contributed by atoms with E-state index >= 15 is 0 Å². The zero-order chi connectivity index (χ0) is 14.4. The second kappa shape index (κ2) is 6.58. The molecule has 1 unspecified atom stereocenters. The SMILES string of the molecule is Cc1ccc(NCC(C)Oc2ccccc2)nc1C#N. The molecular weight excluding hydrogens is 250 g/mol. The van der Waals surface area contributed by atoms with Crippen molar-refractivity contribution in [3.8, 4) is 11.8 Å². The molecule has 1 heterocycles. The van der Waals surface area contributed by atoms with E-state index in [2.05, 4.69) is 16.4 Å². The van der Waals surface area contributed by atoms with Gasteiger partial charge in [0.25, 0.3) is 0 Å². The number of hydrogen-bond donors (Lipinski definition) is 1. The summed E-state index contributed by atoms with van der Waals surface area (Å²) >= 11 is 0. The highest BCUT2D eigenvalue weighted by molar-refractivity contribution is 5.42. The highest BCUT2D eigenvalue weighted by Gasteiger charge is 2.05. The summed E-state index contributed by atoms with van der Waals surface area (Å²) in [7, 11) is 0. The molecule has 102 valence electrons. The van der Waals surface area contributed by atoms with Crippen LogP contribution >= 0.6 is 0 Å². The number of para-hydroxylation sites is 1. The quantitative estimate of drug-likeness (QED) is 0.904. The maximum Gasteiger partial charge on any atom is 0.145 e. The van der Waals surface area contributed by atoms with Crippen LogP contribution in [0.3, 0.4) is 0 Å². The number of aryl methyl sites for hydroxylation is 1. The third kappa shape index (κ3) is 3.72. The van der Waals surface area contributed by atoms with Crippen LogP contribution in [0.1, 0.15) is 18.2 Å². The number of rotatable bonds is 5. The second-order valence-corrected chi connectivity index (χ2v) is 4.60. The number of hydrogen-bond acceptors (Lipinski definition) is 4. The highest BCUT2D eigenvalue weighted by atomic mass is 16.5. The van der Waals surface area contributed by atoms with Crippen LogP contribution in [0.2, 0.25) is 0 Å². The lowest BCUT2D eigenvalue weighted by atomic mass is 10.2. The number of nitrogens with one attached hydrogen (secondary N) is 1. The number of nitrogens with zero attached hydrogens (tertiary/aromatic N) is 2. The molecular formula is C16H17N3O. The Kier molecular flexibility index (Phi) is 4.56. The van der Waals surface area contributed by atoms with Gasteiger partial charge in [0.05, 0.1) is 6.54 Å². The van der Waals surface area contributed by atoms with Gasteiger partial charge >= 0.3 is 0 Å². The van der Waals surface area contributed by atoms with Crippen molar-refractivity contribution in [2.45, 2.75) is 20.0 Å². The van der Waals surface area contributed by atoms with Crippen LogP contribution in [-0.2, 0) is 0 Å². The Balaban J connectivity index is 1.90. The number of pyridine rings is 1. The maximum absolute atomic E-state index is 8.95. The molecule has 0 spiro atoms. The molecule has 0 amide bonds. The van der Waals surface area contributed by atoms with E-state index in [9.17, 15) is 0 Å². The van der Waals surface area contributed by atoms with Crippen LogP contribution in [0.25, 0.3) is 0 Å². The Hall–Kier alpha value is -2.54. The minimum atomic E-state index is 0.00559. The number of benzene rings is 1. The fourth-order valence-electron chi connectivity index (χ4n) is 1.76. The fourth-order valence-corrected chi connectivity index (χ4v) is 1.76. The van der Waals surface area contributed by atoms with Crippen molar-refractivity contribution in [3.63, 3.8) is 0 Å². The summed E-state index contributed by atoms with van der Waals surface area (Å²) in [4.78, 5) is 4.24. The highest BCUT2D eigenvalue weighted by Crippen LogP contribution is 2.12. The summed E-state index contributed by atoms with van der Waals surface area (Å²) in [5.41, 5.74) is 1.33. The van der Waals surface area contributed by atoms with E-state index in [-0.39, 0.29) is 6.10 Å². The van der Waals surface area contributed by atoms with Crippen LogP contribution in [0.4, 0.5) is 5.82 Å². The predicted molar refractivity (Wildman–Crippen MR) is 78.7 cm³/mol. The fraction of sp³-hybridized carbons (Fsp3) is 0.250. The molecule has 0 saturated heterocycles. The number of ether oxygens (including phenoxy) is 1. The lowest BCUT2D eigenvalue weighted by Crippen LogP contribution is -2.23. The van der Waals surface area contributed by atoms with E-state index in [4.69, 9.17) is 10.00 Å². The molecule has 0 aliphatic heterocycles. The van der Waals surface area contributed by atoms with Gasteiger partial charge in [-0.1, -0.05) is 24.3 Å². The van der Waals surface area contributed by atoms with Gasteiger partial charge in [0, 0.05) is 0 Å². The molecule has 1 aromatic heterocycles. The van der Waals surface area contributed by atoms with Crippen molar-refractivity contribution < 1.29 is 4.74 Å². The van der Waals surface area contributed by atoms with Crippen molar-refractivity contribution in [2.24, 2.45) is 0 Å². The smallest absolute Gasteiger partial charge is 0.145 e. The largest absolute Gasteiger partial charge is 0.489 e. The van der Waals surface area contributed by atoms with Gasteiger partial charge in [-0.05, 0) is 37.6 Å². The lowest BCUT2D eigenvalue weighted by molar-refractivity contribution is 0.234. The average molecular weight is 267 g/mol. The van der Waals surface area contributed by atoms with Gasteiger partial charge in [0.1, 0.15) is 29.4 Å². The minimum absolute atomic E-state index is 0.00559. The zero-order valence-corrected chi connectivity index (χ0v) is 11.6. The molecule has 0 bridgehead atoms. The predicted octanol–water partition coefficient (Wildman–Crippen LogP) is 3.14. The number of aromatic nitrogens is 1. The van der Waals surface area contributed by atoms with Crippen molar-refractivity contribution in [2.75, 3.05) is 11.9 Å². The first-order valence-corrected chi connectivity index (χ1v) is 6.52. The molecule has 0 radical (unpaired) electrons. The van der Waals surface area contributed by atoms with E-state index in [1.807, 2.05) is 56.3 Å². The van der Waals surface area contributed by atoms with Crippen molar-refractivity contribution >= 4 is 5.82 Å². The summed E-state index contributed by atoms with van der Waals surface area (Å²) < 4.78 is 5.76. The Bertz CT molecular complexity index is 605. The first-order chi connectivity index (χ1) is 9.69. The molecule has 1 atom stereocenters. The Morgan fingerprint density at radius 3 is 2.70 bits per heavy atom. The molecule has 0 aliphatic carbocycles. The third-order valence-corrected chi connectivity index (χ3v) is 2.85. The van der Waals surface area contributed by atoms with E-state index < -0.39 is 0 Å². The normalized spacial score (nSPS) is 11.4. The molecule has 4 nitrogen and oxygen atoms in total. The summed E-state index contributed by atoms with van der Waals surface area (Å²) in [6.45, 7) is 4.48. The molecule has 2 rings (SSSR count). The average Bonchev–Trinajstić information content (AvgIpc) is 2.47. The molecule has 0 aliphatic rings. The minimum Gasteiger partial charge on any atom is -0.489 e. The van der Waals surface area contributed by atoms with E-state index in [1.54, 1.807) is 0 Å². The van der Waals surface area contributed by atoms with E-state index in [1.165, 1.54) is 0 Å². The lowest BCUT2D eigenvalue weighted by Gasteiger charge is -2.16. The maximum atomic E-state index is 8.95. The number of nitriles is 1. The molecule has 1 aromatic carbocycles. The van der Waals surface area contributed by atoms with Gasteiger partial charge in [0.2, 0.25) is 0 Å². The van der Waals surface area contributed by atoms with Gasteiger partial charge < -0.3 is 10.1 Å². The summed E-state index contributed by atoms with van der Waals surface area (Å²) in [5, 5.41) is 12.1. The van der Waals surface area contributed by atoms with Crippen molar-refractivity contribution in [1.29, 1.82) is 5.26 Å². The molecule has 2 aromatic rings. The summed E-state index contributed by atoms with van der Waals surface area (Å²) in [6.07, 6.45) is 0.00559. The van der Waals surface area contributed by atoms with Crippen molar-refractivity contribution in [3.05, 3.63) is 53.7 Å². The topological polar surface area (TPSA) is 57.9 Å². The van der Waals surface area contributed by atoms with Gasteiger partial charge in [-0.15, -0.1) is 0 Å². The summed E-state index contributed by atoms with van der Waals surface area (Å²) in [6, 6.07) is 15.5. The number of anilines is 1. The van der Waals surface area contributed by atoms with E-state index in [0.717, 1.165) is 11.3 Å². The molecule has 1 N–H and O–H groups in total. The van der Waals surface area contributed by atoms with Crippen LogP contribution < -0.4 is 10.1 Å². The van der Waals surface area contributed by atoms with Crippen LogP contribution in [0.5, 0.6) is 5.75 Å². The third-order valence-electron chi connectivity index (χ3n) is 2.85. The second-order valence-electron chi connectivity index (χ2n) is 4.60. The monoisotopic (exact) mass is 267 g/mol. The standard InChI is InChI=1S/C16H17N3O/c1-12-8-9-16(19-15(12)10-17)18-11-13(2)20-14-6-4-3-5-7-14/h3-9,13H,11H2,1-2H3,(H,18,19). The zero-order valence-electron chi connectivity index (χ0n) is 11.6. The van der Waals surface area contributed by atoms with Crippen molar-refractivity contribution in [1.82, 2.24) is 4.98 Å². The molecule has 4 heteroatoms. The molecule has 20 heavy (non-hydrogen) atoms. The van der Waals surface area contributed by atoms with Gasteiger partial charge in [0.15, 0.2) is 0 Å². The molecule has 0 saturated carbocycles. The summed E-state index contributed by atoms with van der Waals surface area (Å²) in [5.74, 6) is 1.53. The van der Waals surface area contributed by atoms with Gasteiger partial charge in [-0.3, -0.25) is 0 Å². The Labute approximate surface area is 119 Å². The van der Waals surface area contributed by atoms with Crippen LogP contribution in [-0.4, -0.2) is 17.6 Å². The first kappa shape index (κ1) is 13.9. The molecule has 0 fully saturated rings. The Morgan fingerprint density at radius 2 is 2.00 bits per heavy atom. The van der Waals surface area contributed by atoms with Gasteiger partial charge in [-0.2, -0.15) is 5.26 Å². The van der Waals surface area contributed by atoms with Crippen LogP contribution in [0, 0.1) is 18.3 Å². The van der Waals surface area contributed by atoms with E-state index in [0.29, 0.717) is 18.1 Å².